The predicted molar refractivity (Wildman–Crippen MR) is 92.6 cm³/mol. The number of nitrogens with zero attached hydrogens (tertiary/aromatic N) is 1. The predicted octanol–water partition coefficient (Wildman–Crippen LogP) is 5.54. The molecule has 0 amide bonds. The molecule has 20 heavy (non-hydrogen) atoms. The van der Waals surface area contributed by atoms with Crippen molar-refractivity contribution in [3.05, 3.63) is 29.8 Å². The molecule has 0 N–H and O–H groups in total. The largest absolute Gasteiger partial charge is 0.291 e. The van der Waals surface area contributed by atoms with Crippen molar-refractivity contribution in [1.29, 1.82) is 0 Å². The lowest BCUT2D eigenvalue weighted by atomic mass is 9.82. The molecule has 0 fully saturated rings. The summed E-state index contributed by atoms with van der Waals surface area (Å²) in [5.41, 5.74) is 1.62. The maximum atomic E-state index is 2.53. The Kier molecular flexibility index (Phi) is 5.04. The summed E-state index contributed by atoms with van der Waals surface area (Å²) in [4.78, 5) is 3.95. The van der Waals surface area contributed by atoms with Gasteiger partial charge in [0.25, 0.3) is 0 Å². The maximum absolute atomic E-state index is 2.53. The highest BCUT2D eigenvalue weighted by molar-refractivity contribution is 8.00. The Hall–Kier alpha value is -0.470. The van der Waals surface area contributed by atoms with E-state index in [1.807, 2.05) is 25.6 Å². The highest BCUT2D eigenvalue weighted by Crippen LogP contribution is 2.52. The fourth-order valence-corrected chi connectivity index (χ4v) is 4.26. The van der Waals surface area contributed by atoms with Crippen LogP contribution in [0, 0.1) is 0 Å². The number of hydrogen-bond donors (Lipinski definition) is 0. The van der Waals surface area contributed by atoms with Crippen molar-refractivity contribution in [3.63, 3.8) is 0 Å². The second-order valence-corrected chi connectivity index (χ2v) is 8.45. The van der Waals surface area contributed by atoms with E-state index < -0.39 is 0 Å². The van der Waals surface area contributed by atoms with Crippen LogP contribution < -0.4 is 0 Å². The summed E-state index contributed by atoms with van der Waals surface area (Å²) < 4.78 is 0.172. The van der Waals surface area contributed by atoms with Gasteiger partial charge in [-0.1, -0.05) is 32.0 Å². The van der Waals surface area contributed by atoms with Crippen molar-refractivity contribution >= 4 is 11.8 Å². The molecule has 1 aliphatic rings. The van der Waals surface area contributed by atoms with Gasteiger partial charge in [-0.15, -0.1) is 11.8 Å². The van der Waals surface area contributed by atoms with Gasteiger partial charge in [0.2, 0.25) is 0 Å². The zero-order chi connectivity index (χ0) is 15.8. The topological polar surface area (TPSA) is 3.24 Å². The van der Waals surface area contributed by atoms with Crippen molar-refractivity contribution < 1.29 is 0 Å². The lowest BCUT2D eigenvalue weighted by molar-refractivity contribution is 0.0247. The first-order chi connectivity index (χ1) is 9.11. The molecule has 2 heteroatoms. The number of hydrogen-bond acceptors (Lipinski definition) is 2. The molecule has 114 valence electrons. The second kappa shape index (κ2) is 5.73. The van der Waals surface area contributed by atoms with Crippen molar-refractivity contribution in [2.24, 2.45) is 0 Å². The van der Waals surface area contributed by atoms with Crippen LogP contribution in [0.15, 0.2) is 29.2 Å². The van der Waals surface area contributed by atoms with E-state index in [2.05, 4.69) is 77.8 Å². The Morgan fingerprint density at radius 1 is 0.900 bits per heavy atom. The smallest absolute Gasteiger partial charge is 0.0418 e. The molecule has 0 unspecified atom stereocenters. The second-order valence-electron chi connectivity index (χ2n) is 6.79. The van der Waals surface area contributed by atoms with Crippen LogP contribution in [0.25, 0.3) is 0 Å². The Bertz CT molecular complexity index is 460. The minimum absolute atomic E-state index is 0.0564. The van der Waals surface area contributed by atoms with Gasteiger partial charge in [-0.3, -0.25) is 4.90 Å². The van der Waals surface area contributed by atoms with Crippen LogP contribution in [0.3, 0.4) is 0 Å². The van der Waals surface area contributed by atoms with Gasteiger partial charge in [0.15, 0.2) is 0 Å². The van der Waals surface area contributed by atoms with Crippen molar-refractivity contribution in [1.82, 2.24) is 4.90 Å². The first-order valence-corrected chi connectivity index (χ1v) is 8.45. The molecular weight excluding hydrogens is 262 g/mol. The van der Waals surface area contributed by atoms with Crippen molar-refractivity contribution in [3.8, 4) is 0 Å². The fraction of sp³-hybridized carbons (Fsp3) is 0.667. The van der Waals surface area contributed by atoms with Crippen LogP contribution in [-0.2, 0) is 5.54 Å². The molecule has 0 bridgehead atoms. The van der Waals surface area contributed by atoms with E-state index in [4.69, 9.17) is 0 Å². The number of rotatable bonds is 0. The third kappa shape index (κ3) is 2.65. The summed E-state index contributed by atoms with van der Waals surface area (Å²) in [7, 11) is 2.25. The van der Waals surface area contributed by atoms with Gasteiger partial charge in [-0.05, 0) is 60.2 Å². The van der Waals surface area contributed by atoms with E-state index in [1.165, 1.54) is 10.5 Å². The fourth-order valence-electron chi connectivity index (χ4n) is 2.74. The molecule has 1 aromatic carbocycles. The first-order valence-electron chi connectivity index (χ1n) is 7.63. The average Bonchev–Trinajstić information content (AvgIpc) is 2.42. The monoisotopic (exact) mass is 293 g/mol. The summed E-state index contributed by atoms with van der Waals surface area (Å²) in [6.07, 6.45) is 0. The van der Waals surface area contributed by atoms with Gasteiger partial charge in [0.1, 0.15) is 0 Å². The first kappa shape index (κ1) is 17.6. The molecule has 0 aliphatic carbocycles. The zero-order valence-electron chi connectivity index (χ0n) is 14.7. The summed E-state index contributed by atoms with van der Waals surface area (Å²) in [6.45, 7) is 18.1. The molecule has 1 aliphatic heterocycles. The molecule has 2 rings (SSSR count). The third-order valence-electron chi connectivity index (χ3n) is 5.06. The third-order valence-corrected chi connectivity index (χ3v) is 6.65. The lowest BCUT2D eigenvalue weighted by Crippen LogP contribution is -2.59. The summed E-state index contributed by atoms with van der Waals surface area (Å²) in [6, 6.07) is 8.84. The molecule has 1 aromatic rings. The van der Waals surface area contributed by atoms with Crippen LogP contribution >= 0.6 is 11.8 Å². The molecule has 0 saturated carbocycles. The molecule has 1 heterocycles. The van der Waals surface area contributed by atoms with E-state index in [-0.39, 0.29) is 15.8 Å². The molecule has 0 atom stereocenters. The number of thioether (sulfide) groups is 1. The van der Waals surface area contributed by atoms with E-state index in [0.29, 0.717) is 0 Å². The average molecular weight is 294 g/mol. The van der Waals surface area contributed by atoms with Gasteiger partial charge in [0.05, 0.1) is 0 Å². The van der Waals surface area contributed by atoms with E-state index in [9.17, 15) is 0 Å². The van der Waals surface area contributed by atoms with E-state index in [1.54, 1.807) is 0 Å². The number of benzene rings is 1. The van der Waals surface area contributed by atoms with Crippen molar-refractivity contribution in [2.75, 3.05) is 7.05 Å². The Balaban J connectivity index is 0.000000956. The quantitative estimate of drug-likeness (QED) is 0.617. The van der Waals surface area contributed by atoms with Gasteiger partial charge >= 0.3 is 0 Å². The van der Waals surface area contributed by atoms with Gasteiger partial charge in [-0.25, -0.2) is 0 Å². The van der Waals surface area contributed by atoms with E-state index >= 15 is 0 Å². The molecule has 0 spiro atoms. The minimum Gasteiger partial charge on any atom is -0.291 e. The van der Waals surface area contributed by atoms with Crippen LogP contribution in [0.4, 0.5) is 0 Å². The maximum Gasteiger partial charge on any atom is 0.0418 e. The van der Waals surface area contributed by atoms with Crippen LogP contribution in [0.1, 0.15) is 61.0 Å². The zero-order valence-corrected chi connectivity index (χ0v) is 15.5. The normalized spacial score (nSPS) is 23.1. The molecular formula is C18H31NS. The minimum atomic E-state index is 0.0564. The van der Waals surface area contributed by atoms with Gasteiger partial charge < -0.3 is 0 Å². The molecule has 1 nitrogen and oxygen atoms in total. The Morgan fingerprint density at radius 2 is 1.40 bits per heavy atom. The Morgan fingerprint density at radius 3 is 1.95 bits per heavy atom. The summed E-state index contributed by atoms with van der Waals surface area (Å²) in [5, 5.41) is 0. The summed E-state index contributed by atoms with van der Waals surface area (Å²) >= 11 is 2.01. The number of fused-ring (bicyclic) bond motifs is 1. The summed E-state index contributed by atoms with van der Waals surface area (Å²) in [5.74, 6) is 0. The standard InChI is InChI=1S/C16H25NS.C2H6/c1-14(2)12-10-8-9-11-13(12)18-16(5,6)15(3,4)17(14)7;1-2/h8-11H,1-7H3;1-2H3. The van der Waals surface area contributed by atoms with Gasteiger partial charge in [-0.2, -0.15) is 0 Å². The van der Waals surface area contributed by atoms with Crippen LogP contribution in [0.2, 0.25) is 0 Å². The Labute approximate surface area is 130 Å². The van der Waals surface area contributed by atoms with Crippen LogP contribution in [-0.4, -0.2) is 22.2 Å². The lowest BCUT2D eigenvalue weighted by Gasteiger charge is -2.51. The highest BCUT2D eigenvalue weighted by Gasteiger charge is 2.49. The highest BCUT2D eigenvalue weighted by atomic mass is 32.2. The van der Waals surface area contributed by atoms with E-state index in [0.717, 1.165) is 0 Å². The molecule has 0 aromatic heterocycles. The molecule has 0 saturated heterocycles. The SMILES string of the molecule is CC.CN1C(C)(C)c2ccccc2SC(C)(C)C1(C)C. The van der Waals surface area contributed by atoms with Crippen LogP contribution in [0.5, 0.6) is 0 Å². The van der Waals surface area contributed by atoms with Crippen molar-refractivity contribution in [2.45, 2.75) is 76.1 Å². The van der Waals surface area contributed by atoms with Gasteiger partial charge in [0, 0.05) is 20.7 Å². The molecule has 0 radical (unpaired) electrons.